The molecule has 0 saturated carbocycles. The number of aryl methyl sites for hydroxylation is 1. The summed E-state index contributed by atoms with van der Waals surface area (Å²) in [4.78, 5) is 2.48. The molecule has 0 amide bonds. The van der Waals surface area contributed by atoms with Gasteiger partial charge >= 0.3 is 0 Å². The molecular formula is C19H24N2. The largest absolute Gasteiger partial charge is 0.381 e. The molecule has 0 atom stereocenters. The second-order valence-corrected chi connectivity index (χ2v) is 5.72. The molecule has 0 unspecified atom stereocenters. The SMILES string of the molecule is CCc1ccccc1CNc1cccc(N2CCCC2)c1. The minimum Gasteiger partial charge on any atom is -0.381 e. The van der Waals surface area contributed by atoms with Crippen molar-refractivity contribution in [1.82, 2.24) is 0 Å². The van der Waals surface area contributed by atoms with Gasteiger partial charge < -0.3 is 10.2 Å². The van der Waals surface area contributed by atoms with E-state index >= 15 is 0 Å². The van der Waals surface area contributed by atoms with E-state index in [9.17, 15) is 0 Å². The topological polar surface area (TPSA) is 15.3 Å². The zero-order valence-electron chi connectivity index (χ0n) is 12.8. The summed E-state index contributed by atoms with van der Waals surface area (Å²) in [5.41, 5.74) is 5.39. The predicted octanol–water partition coefficient (Wildman–Crippen LogP) is 4.46. The molecule has 1 N–H and O–H groups in total. The predicted molar refractivity (Wildman–Crippen MR) is 91.0 cm³/mol. The molecule has 1 heterocycles. The Hall–Kier alpha value is -1.96. The Morgan fingerprint density at radius 3 is 2.48 bits per heavy atom. The fourth-order valence-corrected chi connectivity index (χ4v) is 3.06. The summed E-state index contributed by atoms with van der Waals surface area (Å²) in [7, 11) is 0. The number of nitrogens with one attached hydrogen (secondary N) is 1. The van der Waals surface area contributed by atoms with E-state index in [2.05, 4.69) is 65.7 Å². The van der Waals surface area contributed by atoms with Crippen LogP contribution in [0.4, 0.5) is 11.4 Å². The molecule has 0 aliphatic carbocycles. The summed E-state index contributed by atoms with van der Waals surface area (Å²) in [5.74, 6) is 0. The summed E-state index contributed by atoms with van der Waals surface area (Å²) in [6.45, 7) is 5.50. The van der Waals surface area contributed by atoms with Crippen LogP contribution in [0.3, 0.4) is 0 Å². The third-order valence-electron chi connectivity index (χ3n) is 4.30. The summed E-state index contributed by atoms with van der Waals surface area (Å²) in [5, 5.41) is 3.57. The number of nitrogens with zero attached hydrogens (tertiary/aromatic N) is 1. The Labute approximate surface area is 127 Å². The van der Waals surface area contributed by atoms with Crippen molar-refractivity contribution in [3.8, 4) is 0 Å². The van der Waals surface area contributed by atoms with Gasteiger partial charge in [-0.05, 0) is 48.6 Å². The van der Waals surface area contributed by atoms with Crippen molar-refractivity contribution in [3.05, 3.63) is 59.7 Å². The lowest BCUT2D eigenvalue weighted by Gasteiger charge is -2.19. The van der Waals surface area contributed by atoms with E-state index in [1.165, 1.54) is 48.4 Å². The second kappa shape index (κ2) is 6.66. The lowest BCUT2D eigenvalue weighted by molar-refractivity contribution is 0.949. The molecule has 0 bridgehead atoms. The molecule has 1 aliphatic heterocycles. The van der Waals surface area contributed by atoms with Gasteiger partial charge in [0.1, 0.15) is 0 Å². The average molecular weight is 280 g/mol. The maximum Gasteiger partial charge on any atom is 0.0403 e. The Bertz CT molecular complexity index is 586. The molecule has 110 valence electrons. The van der Waals surface area contributed by atoms with E-state index in [0.717, 1.165) is 13.0 Å². The third kappa shape index (κ3) is 3.38. The summed E-state index contributed by atoms with van der Waals surface area (Å²) in [6.07, 6.45) is 3.73. The maximum atomic E-state index is 3.57. The van der Waals surface area contributed by atoms with Crippen LogP contribution in [-0.2, 0) is 13.0 Å². The normalized spacial score (nSPS) is 14.4. The molecule has 2 aromatic carbocycles. The quantitative estimate of drug-likeness (QED) is 0.869. The standard InChI is InChI=1S/C19H24N2/c1-2-16-8-3-4-9-17(16)15-20-18-10-7-11-19(14-18)21-12-5-6-13-21/h3-4,7-11,14,20H,2,5-6,12-13,15H2,1H3. The first-order chi connectivity index (χ1) is 10.4. The van der Waals surface area contributed by atoms with E-state index in [1.54, 1.807) is 0 Å². The highest BCUT2D eigenvalue weighted by Crippen LogP contribution is 2.23. The molecule has 0 spiro atoms. The van der Waals surface area contributed by atoms with E-state index < -0.39 is 0 Å². The van der Waals surface area contributed by atoms with Crippen molar-refractivity contribution in [2.75, 3.05) is 23.3 Å². The number of anilines is 2. The van der Waals surface area contributed by atoms with Crippen LogP contribution in [0.2, 0.25) is 0 Å². The van der Waals surface area contributed by atoms with Crippen molar-refractivity contribution in [1.29, 1.82) is 0 Å². The number of benzene rings is 2. The van der Waals surface area contributed by atoms with Gasteiger partial charge in [-0.2, -0.15) is 0 Å². The van der Waals surface area contributed by atoms with Crippen LogP contribution in [0.1, 0.15) is 30.9 Å². The Morgan fingerprint density at radius 1 is 0.952 bits per heavy atom. The van der Waals surface area contributed by atoms with Crippen molar-refractivity contribution in [3.63, 3.8) is 0 Å². The number of rotatable bonds is 5. The van der Waals surface area contributed by atoms with Gasteiger partial charge in [-0.1, -0.05) is 37.3 Å². The molecule has 3 rings (SSSR count). The molecule has 1 saturated heterocycles. The highest BCUT2D eigenvalue weighted by molar-refractivity contribution is 5.58. The van der Waals surface area contributed by atoms with Crippen LogP contribution in [0.5, 0.6) is 0 Å². The van der Waals surface area contributed by atoms with Crippen molar-refractivity contribution >= 4 is 11.4 Å². The molecule has 1 aliphatic rings. The Kier molecular flexibility index (Phi) is 4.44. The Balaban J connectivity index is 1.69. The smallest absolute Gasteiger partial charge is 0.0403 e. The van der Waals surface area contributed by atoms with E-state index in [0.29, 0.717) is 0 Å². The molecule has 1 fully saturated rings. The number of hydrogen-bond acceptors (Lipinski definition) is 2. The highest BCUT2D eigenvalue weighted by atomic mass is 15.1. The van der Waals surface area contributed by atoms with Crippen LogP contribution >= 0.6 is 0 Å². The van der Waals surface area contributed by atoms with Gasteiger partial charge in [0.25, 0.3) is 0 Å². The fourth-order valence-electron chi connectivity index (χ4n) is 3.06. The summed E-state index contributed by atoms with van der Waals surface area (Å²) < 4.78 is 0. The van der Waals surface area contributed by atoms with Gasteiger partial charge in [-0.25, -0.2) is 0 Å². The van der Waals surface area contributed by atoms with Gasteiger partial charge in [0.05, 0.1) is 0 Å². The van der Waals surface area contributed by atoms with Crippen molar-refractivity contribution < 1.29 is 0 Å². The van der Waals surface area contributed by atoms with Crippen LogP contribution in [0.25, 0.3) is 0 Å². The lowest BCUT2D eigenvalue weighted by Crippen LogP contribution is -2.17. The van der Waals surface area contributed by atoms with Gasteiger partial charge in [0.2, 0.25) is 0 Å². The molecule has 2 heteroatoms. The van der Waals surface area contributed by atoms with Gasteiger partial charge in [-0.15, -0.1) is 0 Å². The first kappa shape index (κ1) is 14.0. The summed E-state index contributed by atoms with van der Waals surface area (Å²) in [6, 6.07) is 17.5. The van der Waals surface area contributed by atoms with E-state index in [-0.39, 0.29) is 0 Å². The van der Waals surface area contributed by atoms with Gasteiger partial charge in [-0.3, -0.25) is 0 Å². The molecule has 21 heavy (non-hydrogen) atoms. The van der Waals surface area contributed by atoms with E-state index in [1.807, 2.05) is 0 Å². The molecular weight excluding hydrogens is 256 g/mol. The Morgan fingerprint density at radius 2 is 1.71 bits per heavy atom. The monoisotopic (exact) mass is 280 g/mol. The minimum absolute atomic E-state index is 0.896. The molecule has 0 aromatic heterocycles. The van der Waals surface area contributed by atoms with Crippen LogP contribution < -0.4 is 10.2 Å². The average Bonchev–Trinajstić information content (AvgIpc) is 3.08. The first-order valence-electron chi connectivity index (χ1n) is 8.02. The van der Waals surface area contributed by atoms with Crippen LogP contribution in [-0.4, -0.2) is 13.1 Å². The lowest BCUT2D eigenvalue weighted by atomic mass is 10.1. The van der Waals surface area contributed by atoms with Crippen LogP contribution in [0.15, 0.2) is 48.5 Å². The molecule has 2 nitrogen and oxygen atoms in total. The van der Waals surface area contributed by atoms with Gasteiger partial charge in [0.15, 0.2) is 0 Å². The molecule has 0 radical (unpaired) electrons. The second-order valence-electron chi connectivity index (χ2n) is 5.72. The highest BCUT2D eigenvalue weighted by Gasteiger charge is 2.12. The zero-order valence-corrected chi connectivity index (χ0v) is 12.8. The summed E-state index contributed by atoms with van der Waals surface area (Å²) >= 11 is 0. The van der Waals surface area contributed by atoms with E-state index in [4.69, 9.17) is 0 Å². The first-order valence-corrected chi connectivity index (χ1v) is 8.02. The van der Waals surface area contributed by atoms with Crippen molar-refractivity contribution in [2.45, 2.75) is 32.7 Å². The van der Waals surface area contributed by atoms with Crippen LogP contribution in [0, 0.1) is 0 Å². The molecule has 2 aromatic rings. The minimum atomic E-state index is 0.896. The maximum absolute atomic E-state index is 3.57. The fraction of sp³-hybridized carbons (Fsp3) is 0.368. The third-order valence-corrected chi connectivity index (χ3v) is 4.30. The zero-order chi connectivity index (χ0) is 14.5. The number of hydrogen-bond donors (Lipinski definition) is 1. The van der Waals surface area contributed by atoms with Crippen molar-refractivity contribution in [2.24, 2.45) is 0 Å². The van der Waals surface area contributed by atoms with Gasteiger partial charge in [0, 0.05) is 31.0 Å².